The minimum Gasteiger partial charge on any atom is -0.481 e. The van der Waals surface area contributed by atoms with Crippen LogP contribution in [0.15, 0.2) is 0 Å². The van der Waals surface area contributed by atoms with Crippen LogP contribution in [0.4, 0.5) is 0 Å². The molecule has 0 aliphatic carbocycles. The Kier molecular flexibility index (Phi) is 4.45. The van der Waals surface area contributed by atoms with Crippen LogP contribution in [-0.4, -0.2) is 56.5 Å². The maximum Gasteiger partial charge on any atom is 0.304 e. The van der Waals surface area contributed by atoms with Gasteiger partial charge in [-0.25, -0.2) is 4.72 Å². The van der Waals surface area contributed by atoms with E-state index in [0.717, 1.165) is 0 Å². The van der Waals surface area contributed by atoms with Crippen molar-refractivity contribution in [3.05, 3.63) is 0 Å². The Morgan fingerprint density at radius 3 is 2.53 bits per heavy atom. The molecule has 0 radical (unpaired) electrons. The van der Waals surface area contributed by atoms with Gasteiger partial charge < -0.3 is 10.4 Å². The van der Waals surface area contributed by atoms with Gasteiger partial charge in [0.25, 0.3) is 10.2 Å². The second-order valence-corrected chi connectivity index (χ2v) is 4.95. The van der Waals surface area contributed by atoms with Gasteiger partial charge in [0.1, 0.15) is 0 Å². The van der Waals surface area contributed by atoms with Crippen LogP contribution in [0.5, 0.6) is 0 Å². The van der Waals surface area contributed by atoms with Crippen LogP contribution >= 0.6 is 0 Å². The molecule has 0 amide bonds. The molecule has 88 valence electrons. The first-order chi connectivity index (χ1) is 7.02. The lowest BCUT2D eigenvalue weighted by Crippen LogP contribution is -2.50. The lowest BCUT2D eigenvalue weighted by molar-refractivity contribution is -0.136. The highest BCUT2D eigenvalue weighted by Crippen LogP contribution is 1.99. The van der Waals surface area contributed by atoms with Gasteiger partial charge in [0.15, 0.2) is 0 Å². The van der Waals surface area contributed by atoms with Gasteiger partial charge in [-0.3, -0.25) is 4.79 Å². The average Bonchev–Trinajstić information content (AvgIpc) is 2.18. The maximum atomic E-state index is 11.6. The van der Waals surface area contributed by atoms with Crippen molar-refractivity contribution in [1.29, 1.82) is 0 Å². The van der Waals surface area contributed by atoms with Crippen molar-refractivity contribution >= 4 is 16.2 Å². The predicted octanol–water partition coefficient (Wildman–Crippen LogP) is -1.80. The monoisotopic (exact) mass is 237 g/mol. The molecule has 1 saturated heterocycles. The molecule has 0 unspecified atom stereocenters. The summed E-state index contributed by atoms with van der Waals surface area (Å²) in [6, 6.07) is 0. The third kappa shape index (κ3) is 4.12. The molecule has 0 bridgehead atoms. The van der Waals surface area contributed by atoms with E-state index in [0.29, 0.717) is 26.2 Å². The molecule has 1 heterocycles. The summed E-state index contributed by atoms with van der Waals surface area (Å²) < 4.78 is 26.7. The Morgan fingerprint density at radius 1 is 1.40 bits per heavy atom. The number of nitrogens with zero attached hydrogens (tertiary/aromatic N) is 1. The van der Waals surface area contributed by atoms with Gasteiger partial charge in [0.05, 0.1) is 6.42 Å². The van der Waals surface area contributed by atoms with Gasteiger partial charge in [-0.05, 0) is 0 Å². The molecular formula is C7H15N3O4S. The molecule has 0 aromatic heterocycles. The number of carbonyl (C=O) groups is 1. The minimum absolute atomic E-state index is 0.0679. The van der Waals surface area contributed by atoms with Crippen LogP contribution in [-0.2, 0) is 15.0 Å². The van der Waals surface area contributed by atoms with Crippen LogP contribution in [0.2, 0.25) is 0 Å². The zero-order valence-corrected chi connectivity index (χ0v) is 9.09. The average molecular weight is 237 g/mol. The summed E-state index contributed by atoms with van der Waals surface area (Å²) in [6.45, 7) is 2.02. The summed E-state index contributed by atoms with van der Waals surface area (Å²) in [7, 11) is -3.50. The van der Waals surface area contributed by atoms with Gasteiger partial charge in [0.2, 0.25) is 0 Å². The number of nitrogens with one attached hydrogen (secondary N) is 2. The van der Waals surface area contributed by atoms with Gasteiger partial charge in [-0.15, -0.1) is 0 Å². The molecule has 0 spiro atoms. The van der Waals surface area contributed by atoms with Gasteiger partial charge in [-0.2, -0.15) is 12.7 Å². The van der Waals surface area contributed by atoms with Crippen molar-refractivity contribution in [2.24, 2.45) is 0 Å². The third-order valence-corrected chi connectivity index (χ3v) is 3.65. The fourth-order valence-corrected chi connectivity index (χ4v) is 2.47. The number of carboxylic acids is 1. The highest BCUT2D eigenvalue weighted by Gasteiger charge is 2.22. The Balaban J connectivity index is 2.40. The van der Waals surface area contributed by atoms with Crippen LogP contribution in [0.25, 0.3) is 0 Å². The van der Waals surface area contributed by atoms with E-state index in [4.69, 9.17) is 5.11 Å². The zero-order chi connectivity index (χ0) is 11.3. The molecule has 0 aromatic rings. The summed E-state index contributed by atoms with van der Waals surface area (Å²) >= 11 is 0. The Labute approximate surface area is 88.6 Å². The quantitative estimate of drug-likeness (QED) is 0.524. The van der Waals surface area contributed by atoms with Crippen molar-refractivity contribution in [2.75, 3.05) is 32.7 Å². The molecule has 1 aliphatic heterocycles. The molecule has 0 atom stereocenters. The Morgan fingerprint density at radius 2 is 2.00 bits per heavy atom. The van der Waals surface area contributed by atoms with Crippen LogP contribution in [0, 0.1) is 0 Å². The second-order valence-electron chi connectivity index (χ2n) is 3.19. The minimum atomic E-state index is -3.50. The molecule has 1 fully saturated rings. The van der Waals surface area contributed by atoms with E-state index in [1.165, 1.54) is 4.31 Å². The number of carboxylic acid groups (broad SMARTS) is 1. The number of aliphatic carboxylic acids is 1. The lowest BCUT2D eigenvalue weighted by Gasteiger charge is -2.26. The summed E-state index contributed by atoms with van der Waals surface area (Å²) in [5, 5.41) is 11.4. The van der Waals surface area contributed by atoms with Gasteiger partial charge in [-0.1, -0.05) is 0 Å². The molecule has 15 heavy (non-hydrogen) atoms. The number of rotatable bonds is 5. The lowest BCUT2D eigenvalue weighted by atomic mass is 10.4. The standard InChI is InChI=1S/C7H15N3O4S/c11-7(12)1-2-9-15(13,14)10-5-3-8-4-6-10/h8-9H,1-6H2,(H,11,12). The van der Waals surface area contributed by atoms with E-state index in [1.807, 2.05) is 0 Å². The highest BCUT2D eigenvalue weighted by atomic mass is 32.2. The normalized spacial score (nSPS) is 18.9. The summed E-state index contributed by atoms with van der Waals surface area (Å²) in [4.78, 5) is 10.2. The van der Waals surface area contributed by atoms with Crippen molar-refractivity contribution < 1.29 is 18.3 Å². The van der Waals surface area contributed by atoms with E-state index in [1.54, 1.807) is 0 Å². The molecule has 0 saturated carbocycles. The number of hydrogen-bond acceptors (Lipinski definition) is 4. The van der Waals surface area contributed by atoms with E-state index in [2.05, 4.69) is 10.0 Å². The van der Waals surface area contributed by atoms with E-state index in [-0.39, 0.29) is 13.0 Å². The fraction of sp³-hybridized carbons (Fsp3) is 0.857. The molecule has 0 aromatic carbocycles. The van der Waals surface area contributed by atoms with Gasteiger partial charge >= 0.3 is 5.97 Å². The molecule has 7 nitrogen and oxygen atoms in total. The van der Waals surface area contributed by atoms with Crippen molar-refractivity contribution in [3.63, 3.8) is 0 Å². The highest BCUT2D eigenvalue weighted by molar-refractivity contribution is 7.87. The van der Waals surface area contributed by atoms with E-state index < -0.39 is 16.2 Å². The molecular weight excluding hydrogens is 222 g/mol. The van der Waals surface area contributed by atoms with Crippen LogP contribution in [0.1, 0.15) is 6.42 Å². The number of piperazine rings is 1. The van der Waals surface area contributed by atoms with Crippen LogP contribution in [0.3, 0.4) is 0 Å². The van der Waals surface area contributed by atoms with E-state index >= 15 is 0 Å². The maximum absolute atomic E-state index is 11.6. The second kappa shape index (κ2) is 5.40. The topological polar surface area (TPSA) is 98.7 Å². The first-order valence-electron chi connectivity index (χ1n) is 4.69. The molecule has 8 heteroatoms. The van der Waals surface area contributed by atoms with Crippen LogP contribution < -0.4 is 10.0 Å². The summed E-state index contributed by atoms with van der Waals surface area (Å²) in [5.41, 5.74) is 0. The smallest absolute Gasteiger partial charge is 0.304 e. The SMILES string of the molecule is O=C(O)CCNS(=O)(=O)N1CCNCC1. The molecule has 1 aliphatic rings. The van der Waals surface area contributed by atoms with Crippen molar-refractivity contribution in [3.8, 4) is 0 Å². The summed E-state index contributed by atoms with van der Waals surface area (Å²) in [6.07, 6.45) is -0.203. The van der Waals surface area contributed by atoms with Crippen molar-refractivity contribution in [2.45, 2.75) is 6.42 Å². The third-order valence-electron chi connectivity index (χ3n) is 2.04. The fourth-order valence-electron chi connectivity index (χ4n) is 1.26. The summed E-state index contributed by atoms with van der Waals surface area (Å²) in [5.74, 6) is -1.02. The molecule has 3 N–H and O–H groups in total. The van der Waals surface area contributed by atoms with Crippen molar-refractivity contribution in [1.82, 2.24) is 14.3 Å². The first kappa shape index (κ1) is 12.4. The largest absolute Gasteiger partial charge is 0.481 e. The number of hydrogen-bond donors (Lipinski definition) is 3. The first-order valence-corrected chi connectivity index (χ1v) is 6.13. The van der Waals surface area contributed by atoms with Gasteiger partial charge in [0, 0.05) is 32.7 Å². The molecule has 1 rings (SSSR count). The zero-order valence-electron chi connectivity index (χ0n) is 8.27. The Hall–Kier alpha value is -0.700. The predicted molar refractivity (Wildman–Crippen MR) is 53.6 cm³/mol. The Bertz CT molecular complexity index is 310. The van der Waals surface area contributed by atoms with E-state index in [9.17, 15) is 13.2 Å².